The summed E-state index contributed by atoms with van der Waals surface area (Å²) in [6.45, 7) is -0.172. The van der Waals surface area contributed by atoms with Gasteiger partial charge in [0.05, 0.1) is 6.61 Å². The first-order valence-electron chi connectivity index (χ1n) is 3.13. The van der Waals surface area contributed by atoms with Gasteiger partial charge in [-0.1, -0.05) is 15.9 Å². The second kappa shape index (κ2) is 5.69. The Labute approximate surface area is 86.7 Å². The van der Waals surface area contributed by atoms with Crippen LogP contribution in [0, 0.1) is 0 Å². The molecule has 0 aliphatic carbocycles. The highest BCUT2D eigenvalue weighted by atomic mass is 79.9. The Hall–Kier alpha value is 0.0900. The number of hydrogen-bond donors (Lipinski definition) is 3. The molecule has 4 nitrogen and oxygen atoms in total. The molecule has 12 heavy (non-hydrogen) atoms. The molecule has 4 N–H and O–H groups in total. The summed E-state index contributed by atoms with van der Waals surface area (Å²) in [4.78, 5) is 10.4. The third-order valence-corrected chi connectivity index (χ3v) is 3.17. The quantitative estimate of drug-likeness (QED) is 0.670. The number of aliphatic hydroxyl groups is 1. The maximum Gasteiger partial charge on any atom is 0.343 e. The number of carboxylic acid groups (broad SMARTS) is 1. The minimum absolute atomic E-state index is 0.0337. The van der Waals surface area contributed by atoms with Crippen LogP contribution in [-0.4, -0.2) is 28.8 Å². The molecule has 0 heterocycles. The number of carbonyl (C=O) groups is 1. The van der Waals surface area contributed by atoms with Gasteiger partial charge >= 0.3 is 5.97 Å². The molecule has 0 saturated carbocycles. The van der Waals surface area contributed by atoms with Crippen LogP contribution in [-0.2, 0) is 4.79 Å². The van der Waals surface area contributed by atoms with E-state index in [1.165, 1.54) is 0 Å². The molecule has 70 valence electrons. The van der Waals surface area contributed by atoms with Crippen LogP contribution in [0.4, 0.5) is 0 Å². The SMILES string of the molecule is NC(CO)C/C(Br)=C(/Br)C(=O)O. The molecular formula is C6H9Br2NO3. The Morgan fingerprint density at radius 2 is 2.00 bits per heavy atom. The normalized spacial score (nSPS) is 15.3. The maximum absolute atomic E-state index is 10.4. The predicted molar refractivity (Wildman–Crippen MR) is 52.2 cm³/mol. The first-order chi connectivity index (χ1) is 5.49. The molecule has 1 atom stereocenters. The van der Waals surface area contributed by atoms with Gasteiger partial charge in [0.15, 0.2) is 0 Å². The molecule has 0 aliphatic heterocycles. The van der Waals surface area contributed by atoms with Crippen LogP contribution in [0.5, 0.6) is 0 Å². The van der Waals surface area contributed by atoms with E-state index in [9.17, 15) is 4.79 Å². The molecule has 0 rings (SSSR count). The average molecular weight is 303 g/mol. The van der Waals surface area contributed by atoms with Gasteiger partial charge in [0.25, 0.3) is 0 Å². The predicted octanol–water partition coefficient (Wildman–Crippen LogP) is 0.782. The summed E-state index contributed by atoms with van der Waals surface area (Å²) in [6, 6.07) is -0.439. The number of halogens is 2. The van der Waals surface area contributed by atoms with Crippen molar-refractivity contribution >= 4 is 37.8 Å². The lowest BCUT2D eigenvalue weighted by atomic mass is 10.2. The first-order valence-corrected chi connectivity index (χ1v) is 4.71. The molecule has 0 aromatic carbocycles. The summed E-state index contributed by atoms with van der Waals surface area (Å²) in [5.74, 6) is -1.06. The number of rotatable bonds is 4. The number of aliphatic hydroxyl groups excluding tert-OH is 1. The highest BCUT2D eigenvalue weighted by Gasteiger charge is 2.11. The summed E-state index contributed by atoms with van der Waals surface area (Å²) in [6.07, 6.45) is 0.295. The minimum Gasteiger partial charge on any atom is -0.477 e. The van der Waals surface area contributed by atoms with Gasteiger partial charge in [-0.3, -0.25) is 0 Å². The van der Waals surface area contributed by atoms with Crippen molar-refractivity contribution in [2.45, 2.75) is 12.5 Å². The Balaban J connectivity index is 4.26. The molecule has 0 fully saturated rings. The van der Waals surface area contributed by atoms with E-state index in [1.807, 2.05) is 0 Å². The third kappa shape index (κ3) is 4.20. The van der Waals surface area contributed by atoms with E-state index in [4.69, 9.17) is 15.9 Å². The Morgan fingerprint density at radius 3 is 2.33 bits per heavy atom. The summed E-state index contributed by atoms with van der Waals surface area (Å²) < 4.78 is 0.475. The highest BCUT2D eigenvalue weighted by Crippen LogP contribution is 2.22. The first kappa shape index (κ1) is 12.1. The monoisotopic (exact) mass is 301 g/mol. The summed E-state index contributed by atoms with van der Waals surface area (Å²) in [5.41, 5.74) is 5.38. The minimum atomic E-state index is -1.06. The fourth-order valence-corrected chi connectivity index (χ4v) is 1.25. The standard InChI is InChI=1S/C6H9Br2NO3/c7-4(1-3(9)2-10)5(8)6(11)12/h3,10H,1-2,9H2,(H,11,12)/b5-4-. The van der Waals surface area contributed by atoms with Crippen LogP contribution in [0.15, 0.2) is 8.96 Å². The Kier molecular flexibility index (Phi) is 5.73. The van der Waals surface area contributed by atoms with Gasteiger partial charge in [-0.2, -0.15) is 0 Å². The van der Waals surface area contributed by atoms with Crippen LogP contribution in [0.2, 0.25) is 0 Å². The average Bonchev–Trinajstić information content (AvgIpc) is 2.02. The number of nitrogens with two attached hydrogens (primary N) is 1. The van der Waals surface area contributed by atoms with Gasteiger partial charge in [0.2, 0.25) is 0 Å². The number of hydrogen-bond acceptors (Lipinski definition) is 3. The van der Waals surface area contributed by atoms with Crippen molar-refractivity contribution in [1.29, 1.82) is 0 Å². The van der Waals surface area contributed by atoms with Gasteiger partial charge in [0, 0.05) is 10.5 Å². The second-order valence-corrected chi connectivity index (χ2v) is 3.92. The fourth-order valence-electron chi connectivity index (χ4n) is 0.500. The number of carboxylic acids is 1. The van der Waals surface area contributed by atoms with Crippen LogP contribution >= 0.6 is 31.9 Å². The molecule has 0 radical (unpaired) electrons. The molecule has 0 saturated heterocycles. The van der Waals surface area contributed by atoms with Gasteiger partial charge < -0.3 is 15.9 Å². The Morgan fingerprint density at radius 1 is 1.50 bits per heavy atom. The van der Waals surface area contributed by atoms with E-state index in [2.05, 4.69) is 31.9 Å². The largest absolute Gasteiger partial charge is 0.477 e. The van der Waals surface area contributed by atoms with E-state index in [0.717, 1.165) is 0 Å². The van der Waals surface area contributed by atoms with E-state index in [0.29, 0.717) is 10.9 Å². The second-order valence-electron chi connectivity index (χ2n) is 2.17. The van der Waals surface area contributed by atoms with Crippen LogP contribution in [0.1, 0.15) is 6.42 Å². The van der Waals surface area contributed by atoms with Crippen molar-refractivity contribution in [3.05, 3.63) is 8.96 Å². The molecule has 0 amide bonds. The van der Waals surface area contributed by atoms with Crippen LogP contribution in [0.3, 0.4) is 0 Å². The zero-order valence-electron chi connectivity index (χ0n) is 6.13. The maximum atomic E-state index is 10.4. The van der Waals surface area contributed by atoms with Crippen molar-refractivity contribution in [2.24, 2.45) is 5.73 Å². The lowest BCUT2D eigenvalue weighted by Gasteiger charge is -2.06. The molecule has 1 unspecified atom stereocenters. The van der Waals surface area contributed by atoms with Gasteiger partial charge in [0.1, 0.15) is 4.48 Å². The lowest BCUT2D eigenvalue weighted by Crippen LogP contribution is -2.24. The molecular weight excluding hydrogens is 294 g/mol. The third-order valence-electron chi connectivity index (χ3n) is 1.10. The molecule has 0 spiro atoms. The van der Waals surface area contributed by atoms with Crippen molar-refractivity contribution in [2.75, 3.05) is 6.61 Å². The van der Waals surface area contributed by atoms with E-state index < -0.39 is 12.0 Å². The van der Waals surface area contributed by atoms with E-state index in [-0.39, 0.29) is 11.1 Å². The van der Waals surface area contributed by atoms with E-state index in [1.54, 1.807) is 0 Å². The van der Waals surface area contributed by atoms with E-state index >= 15 is 0 Å². The topological polar surface area (TPSA) is 83.5 Å². The van der Waals surface area contributed by atoms with Crippen molar-refractivity contribution in [3.8, 4) is 0 Å². The zero-order chi connectivity index (χ0) is 9.72. The summed E-state index contributed by atoms with van der Waals surface area (Å²) in [7, 11) is 0. The van der Waals surface area contributed by atoms with Gasteiger partial charge in [-0.05, 0) is 22.4 Å². The molecule has 0 aromatic heterocycles. The Bertz CT molecular complexity index is 205. The fraction of sp³-hybridized carbons (Fsp3) is 0.500. The molecule has 0 aliphatic rings. The number of aliphatic carboxylic acids is 1. The van der Waals surface area contributed by atoms with Gasteiger partial charge in [-0.25, -0.2) is 4.79 Å². The molecule has 0 aromatic rings. The summed E-state index contributed by atoms with van der Waals surface area (Å²) in [5, 5.41) is 17.1. The van der Waals surface area contributed by atoms with Crippen LogP contribution < -0.4 is 5.73 Å². The highest BCUT2D eigenvalue weighted by molar-refractivity contribution is 9.14. The van der Waals surface area contributed by atoms with Gasteiger partial charge in [-0.15, -0.1) is 0 Å². The van der Waals surface area contributed by atoms with Crippen molar-refractivity contribution < 1.29 is 15.0 Å². The van der Waals surface area contributed by atoms with Crippen molar-refractivity contribution in [3.63, 3.8) is 0 Å². The molecule has 0 bridgehead atoms. The van der Waals surface area contributed by atoms with Crippen molar-refractivity contribution in [1.82, 2.24) is 0 Å². The molecule has 6 heteroatoms. The summed E-state index contributed by atoms with van der Waals surface area (Å²) >= 11 is 5.91. The smallest absolute Gasteiger partial charge is 0.343 e. The zero-order valence-corrected chi connectivity index (χ0v) is 9.30. The lowest BCUT2D eigenvalue weighted by molar-refractivity contribution is -0.131. The van der Waals surface area contributed by atoms with Crippen LogP contribution in [0.25, 0.3) is 0 Å².